The lowest BCUT2D eigenvalue weighted by Gasteiger charge is -2.46. The van der Waals surface area contributed by atoms with E-state index in [1.54, 1.807) is 23.4 Å². The van der Waals surface area contributed by atoms with Crippen molar-refractivity contribution < 1.29 is 13.9 Å². The topological polar surface area (TPSA) is 45.3 Å². The van der Waals surface area contributed by atoms with Crippen molar-refractivity contribution in [3.8, 4) is 0 Å². The number of piperidine rings is 1. The maximum absolute atomic E-state index is 14.4. The Morgan fingerprint density at radius 1 is 1.55 bits per heavy atom. The van der Waals surface area contributed by atoms with Crippen molar-refractivity contribution in [1.82, 2.24) is 9.88 Å². The van der Waals surface area contributed by atoms with Gasteiger partial charge in [0.05, 0.1) is 24.3 Å². The Morgan fingerprint density at radius 2 is 2.25 bits per heavy atom. The van der Waals surface area contributed by atoms with Crippen LogP contribution in [0, 0.1) is 5.41 Å². The summed E-state index contributed by atoms with van der Waals surface area (Å²) < 4.78 is 20.1. The number of amides is 1. The predicted molar refractivity (Wildman–Crippen MR) is 75.4 cm³/mol. The van der Waals surface area contributed by atoms with E-state index in [0.29, 0.717) is 12.1 Å². The highest BCUT2D eigenvalue weighted by Crippen LogP contribution is 2.34. The lowest BCUT2D eigenvalue weighted by molar-refractivity contribution is -0.129. The Kier molecular flexibility index (Phi) is 4.18. The first-order chi connectivity index (χ1) is 9.31. The minimum atomic E-state index is -1.16. The van der Waals surface area contributed by atoms with E-state index in [2.05, 4.69) is 4.98 Å². The van der Waals surface area contributed by atoms with Gasteiger partial charge in [-0.2, -0.15) is 0 Å². The van der Waals surface area contributed by atoms with Gasteiger partial charge in [0.15, 0.2) is 0 Å². The number of alkyl halides is 1. The number of carbonyl (C=O) groups is 1. The Balaban J connectivity index is 2.12. The van der Waals surface area contributed by atoms with E-state index in [4.69, 9.17) is 4.74 Å². The molecule has 1 aliphatic rings. The van der Waals surface area contributed by atoms with Crippen molar-refractivity contribution in [3.05, 3.63) is 24.0 Å². The molecule has 0 aliphatic carbocycles. The van der Waals surface area contributed by atoms with E-state index in [1.165, 1.54) is 0 Å². The number of ether oxygens (including phenoxy) is 1. The molecular weight excluding hydrogens is 259 g/mol. The molecule has 0 radical (unpaired) electrons. The standard InChI is InChI=1S/C15H23FN2O2/c1-10(2)20-13-12(16)8-18(9-15(13,3)4)14(19)11-5-6-17-7-11/h5-7,10,12-13,17H,8-9H2,1-4H3/t12-,13-/m1/s1. The lowest BCUT2D eigenvalue weighted by Crippen LogP contribution is -2.58. The van der Waals surface area contributed by atoms with Crippen LogP contribution in [0.1, 0.15) is 38.1 Å². The second-order valence-electron chi connectivity index (χ2n) is 6.40. The monoisotopic (exact) mass is 282 g/mol. The number of carbonyl (C=O) groups excluding carboxylic acids is 1. The van der Waals surface area contributed by atoms with Gasteiger partial charge in [-0.3, -0.25) is 4.79 Å². The number of nitrogens with zero attached hydrogens (tertiary/aromatic N) is 1. The van der Waals surface area contributed by atoms with E-state index in [9.17, 15) is 9.18 Å². The molecule has 0 bridgehead atoms. The summed E-state index contributed by atoms with van der Waals surface area (Å²) in [6.07, 6.45) is 1.67. The molecule has 0 unspecified atom stereocenters. The van der Waals surface area contributed by atoms with Gasteiger partial charge in [-0.25, -0.2) is 4.39 Å². The van der Waals surface area contributed by atoms with Crippen LogP contribution in [-0.4, -0.2) is 47.3 Å². The molecule has 1 aromatic rings. The van der Waals surface area contributed by atoms with Crippen molar-refractivity contribution in [2.75, 3.05) is 13.1 Å². The highest BCUT2D eigenvalue weighted by molar-refractivity contribution is 5.94. The van der Waals surface area contributed by atoms with Crippen LogP contribution in [0.15, 0.2) is 18.5 Å². The molecule has 1 saturated heterocycles. The van der Waals surface area contributed by atoms with Gasteiger partial charge in [-0.15, -0.1) is 0 Å². The number of rotatable bonds is 3. The van der Waals surface area contributed by atoms with Crippen molar-refractivity contribution >= 4 is 5.91 Å². The SMILES string of the molecule is CC(C)O[C@@H]1[C@H](F)CN(C(=O)c2cc[nH]c2)CC1(C)C. The van der Waals surface area contributed by atoms with E-state index >= 15 is 0 Å². The van der Waals surface area contributed by atoms with Crippen LogP contribution < -0.4 is 0 Å². The number of H-pyrrole nitrogens is 1. The third-order valence-corrected chi connectivity index (χ3v) is 3.64. The number of aromatic nitrogens is 1. The first kappa shape index (κ1) is 15.0. The normalized spacial score (nSPS) is 26.0. The average molecular weight is 282 g/mol. The molecule has 1 fully saturated rings. The maximum atomic E-state index is 14.4. The molecule has 2 heterocycles. The van der Waals surface area contributed by atoms with Crippen molar-refractivity contribution in [1.29, 1.82) is 0 Å². The minimum absolute atomic E-state index is 0.0237. The summed E-state index contributed by atoms with van der Waals surface area (Å²) in [7, 11) is 0. The molecule has 0 aromatic carbocycles. The molecule has 1 aromatic heterocycles. The summed E-state index contributed by atoms with van der Waals surface area (Å²) in [5, 5.41) is 0. The Morgan fingerprint density at radius 3 is 2.75 bits per heavy atom. The lowest BCUT2D eigenvalue weighted by atomic mass is 9.79. The molecule has 1 N–H and O–H groups in total. The van der Waals surface area contributed by atoms with Crippen molar-refractivity contribution in [2.24, 2.45) is 5.41 Å². The minimum Gasteiger partial charge on any atom is -0.372 e. The fourth-order valence-electron chi connectivity index (χ4n) is 2.80. The smallest absolute Gasteiger partial charge is 0.255 e. The van der Waals surface area contributed by atoms with Gasteiger partial charge in [-0.05, 0) is 19.9 Å². The fourth-order valence-corrected chi connectivity index (χ4v) is 2.80. The second kappa shape index (κ2) is 5.56. The second-order valence-corrected chi connectivity index (χ2v) is 6.40. The number of halogens is 1. The maximum Gasteiger partial charge on any atom is 0.255 e. The zero-order valence-electron chi connectivity index (χ0n) is 12.5. The molecule has 1 amide bonds. The third-order valence-electron chi connectivity index (χ3n) is 3.64. The summed E-state index contributed by atoms with van der Waals surface area (Å²) in [6, 6.07) is 1.71. The van der Waals surface area contributed by atoms with Crippen LogP contribution in [0.4, 0.5) is 4.39 Å². The molecular formula is C15H23FN2O2. The van der Waals surface area contributed by atoms with Gasteiger partial charge >= 0.3 is 0 Å². The highest BCUT2D eigenvalue weighted by atomic mass is 19.1. The van der Waals surface area contributed by atoms with E-state index in [0.717, 1.165) is 0 Å². The van der Waals surface area contributed by atoms with Gasteiger partial charge in [0.1, 0.15) is 6.17 Å². The zero-order chi connectivity index (χ0) is 14.9. The first-order valence-electron chi connectivity index (χ1n) is 7.03. The van der Waals surface area contributed by atoms with Crippen LogP contribution >= 0.6 is 0 Å². The van der Waals surface area contributed by atoms with Gasteiger partial charge in [0.2, 0.25) is 0 Å². The van der Waals surface area contributed by atoms with E-state index in [1.807, 2.05) is 27.7 Å². The molecule has 4 nitrogen and oxygen atoms in total. The molecule has 0 spiro atoms. The van der Waals surface area contributed by atoms with Gasteiger partial charge < -0.3 is 14.6 Å². The Bertz CT molecular complexity index is 456. The van der Waals surface area contributed by atoms with Gasteiger partial charge in [-0.1, -0.05) is 13.8 Å². The van der Waals surface area contributed by atoms with Crippen LogP contribution in [0.5, 0.6) is 0 Å². The van der Waals surface area contributed by atoms with Crippen LogP contribution in [0.3, 0.4) is 0 Å². The number of nitrogens with one attached hydrogen (secondary N) is 1. The average Bonchev–Trinajstić information content (AvgIpc) is 2.85. The molecule has 112 valence electrons. The number of aromatic amines is 1. The summed E-state index contributed by atoms with van der Waals surface area (Å²) in [5.74, 6) is -0.134. The predicted octanol–water partition coefficient (Wildman–Crippen LogP) is 2.63. The van der Waals surface area contributed by atoms with E-state index in [-0.39, 0.29) is 18.6 Å². The molecule has 0 saturated carbocycles. The Hall–Kier alpha value is -1.36. The molecule has 20 heavy (non-hydrogen) atoms. The van der Waals surface area contributed by atoms with Crippen LogP contribution in [0.25, 0.3) is 0 Å². The van der Waals surface area contributed by atoms with Crippen molar-refractivity contribution in [3.63, 3.8) is 0 Å². The van der Waals surface area contributed by atoms with Crippen LogP contribution in [0.2, 0.25) is 0 Å². The number of hydrogen-bond acceptors (Lipinski definition) is 2. The Labute approximate surface area is 119 Å². The molecule has 2 rings (SSSR count). The summed E-state index contributed by atoms with van der Waals surface area (Å²) in [5.41, 5.74) is 0.157. The number of hydrogen-bond donors (Lipinski definition) is 1. The highest BCUT2D eigenvalue weighted by Gasteiger charge is 2.45. The summed E-state index contributed by atoms with van der Waals surface area (Å²) in [6.45, 7) is 8.28. The van der Waals surface area contributed by atoms with Gasteiger partial charge in [0, 0.05) is 24.4 Å². The van der Waals surface area contributed by atoms with Gasteiger partial charge in [0.25, 0.3) is 5.91 Å². The first-order valence-corrected chi connectivity index (χ1v) is 7.03. The molecule has 1 aliphatic heterocycles. The fraction of sp³-hybridized carbons (Fsp3) is 0.667. The van der Waals surface area contributed by atoms with E-state index < -0.39 is 17.7 Å². The third kappa shape index (κ3) is 3.03. The summed E-state index contributed by atoms with van der Waals surface area (Å²) in [4.78, 5) is 16.7. The summed E-state index contributed by atoms with van der Waals surface area (Å²) >= 11 is 0. The zero-order valence-corrected chi connectivity index (χ0v) is 12.5. The molecule has 5 heteroatoms. The van der Waals surface area contributed by atoms with Crippen LogP contribution in [-0.2, 0) is 4.74 Å². The van der Waals surface area contributed by atoms with Crippen molar-refractivity contribution in [2.45, 2.75) is 46.1 Å². The molecule has 2 atom stereocenters. The largest absolute Gasteiger partial charge is 0.372 e. The quantitative estimate of drug-likeness (QED) is 0.926. The number of likely N-dealkylation sites (tertiary alicyclic amines) is 1.